The lowest BCUT2D eigenvalue weighted by atomic mass is 10.2. The van der Waals surface area contributed by atoms with Crippen LogP contribution in [0, 0.1) is 17.5 Å². The Morgan fingerprint density at radius 2 is 2.00 bits per heavy atom. The number of benzene rings is 1. The Kier molecular flexibility index (Phi) is 3.87. The lowest BCUT2D eigenvalue weighted by Gasteiger charge is -2.30. The van der Waals surface area contributed by atoms with Crippen LogP contribution >= 0.6 is 0 Å². The summed E-state index contributed by atoms with van der Waals surface area (Å²) < 4.78 is 51.8. The second-order valence-electron chi connectivity index (χ2n) is 5.96. The SMILES string of the molecule is O=c1nc(OCc2cc(F)c(F)c(F)c2)cc2n1C[C@@H]1CCOCN21. The van der Waals surface area contributed by atoms with Crippen LogP contribution in [0.2, 0.25) is 0 Å². The van der Waals surface area contributed by atoms with Crippen LogP contribution in [0.4, 0.5) is 19.0 Å². The molecule has 2 aromatic rings. The summed E-state index contributed by atoms with van der Waals surface area (Å²) in [5, 5.41) is 0. The molecule has 3 heterocycles. The highest BCUT2D eigenvalue weighted by atomic mass is 19.2. The maximum absolute atomic E-state index is 13.2. The molecule has 1 aromatic heterocycles. The van der Waals surface area contributed by atoms with E-state index in [4.69, 9.17) is 9.47 Å². The van der Waals surface area contributed by atoms with E-state index in [1.807, 2.05) is 4.90 Å². The standard InChI is InChI=1S/C16H14F3N3O3/c17-11-3-9(4-12(18)15(11)19)7-25-13-5-14-21(16(23)20-13)6-10-1-2-24-8-22(10)14/h3-5,10H,1-2,6-8H2/t10-/m0/s1. The van der Waals surface area contributed by atoms with Gasteiger partial charge < -0.3 is 14.4 Å². The normalized spacial score (nSPS) is 18.8. The van der Waals surface area contributed by atoms with Crippen molar-refractivity contribution in [3.05, 3.63) is 51.7 Å². The van der Waals surface area contributed by atoms with Gasteiger partial charge in [0.25, 0.3) is 0 Å². The first-order chi connectivity index (χ1) is 12.0. The molecule has 0 aliphatic carbocycles. The Morgan fingerprint density at radius 3 is 2.76 bits per heavy atom. The fourth-order valence-electron chi connectivity index (χ4n) is 3.10. The maximum atomic E-state index is 13.2. The molecule has 2 aliphatic rings. The van der Waals surface area contributed by atoms with Gasteiger partial charge in [0.2, 0.25) is 5.88 Å². The minimum absolute atomic E-state index is 0.0348. The number of aromatic nitrogens is 2. The molecule has 0 bridgehead atoms. The number of hydrogen-bond donors (Lipinski definition) is 0. The smallest absolute Gasteiger partial charge is 0.352 e. The van der Waals surface area contributed by atoms with Crippen LogP contribution in [0.1, 0.15) is 12.0 Å². The van der Waals surface area contributed by atoms with Gasteiger partial charge in [-0.25, -0.2) is 18.0 Å². The summed E-state index contributed by atoms with van der Waals surface area (Å²) in [5.41, 5.74) is -0.364. The molecule has 0 amide bonds. The second kappa shape index (κ2) is 6.07. The van der Waals surface area contributed by atoms with Crippen molar-refractivity contribution in [2.75, 3.05) is 18.2 Å². The molecular weight excluding hydrogens is 339 g/mol. The van der Waals surface area contributed by atoms with Gasteiger partial charge in [0.05, 0.1) is 12.6 Å². The van der Waals surface area contributed by atoms with Crippen LogP contribution in [0.15, 0.2) is 23.0 Å². The summed E-state index contributed by atoms with van der Waals surface area (Å²) >= 11 is 0. The first-order valence-corrected chi connectivity index (χ1v) is 7.75. The monoisotopic (exact) mass is 353 g/mol. The van der Waals surface area contributed by atoms with E-state index in [9.17, 15) is 18.0 Å². The predicted octanol–water partition coefficient (Wildman–Crippen LogP) is 1.81. The number of anilines is 1. The fourth-order valence-corrected chi connectivity index (χ4v) is 3.10. The lowest BCUT2D eigenvalue weighted by molar-refractivity contribution is 0.0903. The summed E-state index contributed by atoms with van der Waals surface area (Å²) in [7, 11) is 0. The highest BCUT2D eigenvalue weighted by molar-refractivity contribution is 5.46. The van der Waals surface area contributed by atoms with Crippen LogP contribution in [0.3, 0.4) is 0 Å². The zero-order chi connectivity index (χ0) is 17.6. The topological polar surface area (TPSA) is 56.6 Å². The molecule has 1 aromatic carbocycles. The van der Waals surface area contributed by atoms with Gasteiger partial charge in [-0.05, 0) is 24.1 Å². The minimum atomic E-state index is -1.53. The van der Waals surface area contributed by atoms with Crippen LogP contribution in [-0.4, -0.2) is 28.9 Å². The van der Waals surface area contributed by atoms with Crippen molar-refractivity contribution in [1.29, 1.82) is 0 Å². The van der Waals surface area contributed by atoms with Gasteiger partial charge >= 0.3 is 5.69 Å². The van der Waals surface area contributed by atoms with E-state index in [-0.39, 0.29) is 24.1 Å². The van der Waals surface area contributed by atoms with E-state index in [1.54, 1.807) is 10.6 Å². The molecular formula is C16H14F3N3O3. The molecule has 25 heavy (non-hydrogen) atoms. The van der Waals surface area contributed by atoms with Gasteiger partial charge in [0.1, 0.15) is 19.2 Å². The number of ether oxygens (including phenoxy) is 2. The Morgan fingerprint density at radius 1 is 1.24 bits per heavy atom. The van der Waals surface area contributed by atoms with Gasteiger partial charge in [-0.2, -0.15) is 4.98 Å². The third kappa shape index (κ3) is 2.84. The quantitative estimate of drug-likeness (QED) is 0.788. The van der Waals surface area contributed by atoms with Crippen molar-refractivity contribution >= 4 is 5.82 Å². The van der Waals surface area contributed by atoms with Crippen molar-refractivity contribution in [3.63, 3.8) is 0 Å². The Hall–Kier alpha value is -2.55. The number of rotatable bonds is 3. The highest BCUT2D eigenvalue weighted by Crippen LogP contribution is 2.30. The predicted molar refractivity (Wildman–Crippen MR) is 80.8 cm³/mol. The van der Waals surface area contributed by atoms with E-state index >= 15 is 0 Å². The molecule has 0 N–H and O–H groups in total. The van der Waals surface area contributed by atoms with Crippen LogP contribution in [0.5, 0.6) is 5.88 Å². The molecule has 0 spiro atoms. The molecule has 9 heteroatoms. The number of fused-ring (bicyclic) bond motifs is 3. The molecule has 4 rings (SSSR count). The van der Waals surface area contributed by atoms with Gasteiger partial charge in [0.15, 0.2) is 17.5 Å². The Labute approximate surface area is 140 Å². The molecule has 0 saturated carbocycles. The van der Waals surface area contributed by atoms with E-state index in [2.05, 4.69) is 4.98 Å². The molecule has 1 saturated heterocycles. The maximum Gasteiger partial charge on any atom is 0.352 e. The number of nitrogens with zero attached hydrogens (tertiary/aromatic N) is 3. The van der Waals surface area contributed by atoms with E-state index < -0.39 is 23.1 Å². The lowest BCUT2D eigenvalue weighted by Crippen LogP contribution is -2.39. The average molecular weight is 353 g/mol. The number of halogens is 3. The van der Waals surface area contributed by atoms with Gasteiger partial charge in [-0.1, -0.05) is 0 Å². The van der Waals surface area contributed by atoms with E-state index in [1.165, 1.54) is 0 Å². The van der Waals surface area contributed by atoms with Crippen molar-refractivity contribution in [1.82, 2.24) is 9.55 Å². The van der Waals surface area contributed by atoms with Gasteiger partial charge in [-0.15, -0.1) is 0 Å². The molecule has 0 radical (unpaired) electrons. The summed E-state index contributed by atoms with van der Waals surface area (Å²) in [6.07, 6.45) is 0.811. The zero-order valence-corrected chi connectivity index (χ0v) is 13.0. The van der Waals surface area contributed by atoms with Crippen molar-refractivity contribution < 1.29 is 22.6 Å². The summed E-state index contributed by atoms with van der Waals surface area (Å²) in [5.74, 6) is -3.46. The van der Waals surface area contributed by atoms with Gasteiger partial charge in [-0.3, -0.25) is 4.57 Å². The molecule has 2 aliphatic heterocycles. The summed E-state index contributed by atoms with van der Waals surface area (Å²) in [6.45, 7) is 1.31. The average Bonchev–Trinajstić information content (AvgIpc) is 2.97. The van der Waals surface area contributed by atoms with E-state index in [0.717, 1.165) is 18.6 Å². The first kappa shape index (κ1) is 15.9. The van der Waals surface area contributed by atoms with Crippen molar-refractivity contribution in [2.45, 2.75) is 25.6 Å². The van der Waals surface area contributed by atoms with Gasteiger partial charge in [0, 0.05) is 12.6 Å². The molecule has 6 nitrogen and oxygen atoms in total. The summed E-state index contributed by atoms with van der Waals surface area (Å²) in [6, 6.07) is 3.45. The minimum Gasteiger partial charge on any atom is -0.473 e. The Bertz CT molecular complexity index is 864. The van der Waals surface area contributed by atoms with Crippen molar-refractivity contribution in [2.24, 2.45) is 0 Å². The fraction of sp³-hybridized carbons (Fsp3) is 0.375. The Balaban J connectivity index is 1.57. The van der Waals surface area contributed by atoms with Crippen LogP contribution in [0.25, 0.3) is 0 Å². The first-order valence-electron chi connectivity index (χ1n) is 7.75. The number of hydrogen-bond acceptors (Lipinski definition) is 5. The molecule has 0 unspecified atom stereocenters. The van der Waals surface area contributed by atoms with Crippen LogP contribution in [-0.2, 0) is 17.9 Å². The van der Waals surface area contributed by atoms with Crippen molar-refractivity contribution in [3.8, 4) is 5.88 Å². The van der Waals surface area contributed by atoms with Crippen LogP contribution < -0.4 is 15.3 Å². The zero-order valence-electron chi connectivity index (χ0n) is 13.0. The second-order valence-corrected chi connectivity index (χ2v) is 5.96. The third-order valence-corrected chi connectivity index (χ3v) is 4.35. The summed E-state index contributed by atoms with van der Waals surface area (Å²) in [4.78, 5) is 18.0. The molecule has 1 atom stereocenters. The largest absolute Gasteiger partial charge is 0.473 e. The van der Waals surface area contributed by atoms with E-state index in [0.29, 0.717) is 25.7 Å². The third-order valence-electron chi connectivity index (χ3n) is 4.35. The molecule has 1 fully saturated rings. The molecule has 132 valence electrons. The highest BCUT2D eigenvalue weighted by Gasteiger charge is 2.33.